The molecule has 0 saturated carbocycles. The number of aromatic nitrogens is 2. The highest BCUT2D eigenvalue weighted by Gasteiger charge is 2.40. The Morgan fingerprint density at radius 1 is 1.00 bits per heavy atom. The van der Waals surface area contributed by atoms with Gasteiger partial charge >= 0.3 is 11.7 Å². The Hall–Kier alpha value is -1.93. The molecular formula is C28H49N3O5. The van der Waals surface area contributed by atoms with Crippen molar-refractivity contribution in [2.75, 3.05) is 20.6 Å². The molecule has 0 aliphatic carbocycles. The molecule has 36 heavy (non-hydrogen) atoms. The molecule has 0 spiro atoms. The number of carbonyl (C=O) groups excluding carboxylic acids is 1. The fourth-order valence-electron chi connectivity index (χ4n) is 4.98. The number of ether oxygens (including phenoxy) is 2. The summed E-state index contributed by atoms with van der Waals surface area (Å²) in [7, 11) is 3.98. The molecule has 8 heteroatoms. The van der Waals surface area contributed by atoms with Gasteiger partial charge in [-0.1, -0.05) is 72.6 Å². The van der Waals surface area contributed by atoms with Crippen LogP contribution in [-0.2, 0) is 20.8 Å². The maximum absolute atomic E-state index is 13.3. The van der Waals surface area contributed by atoms with E-state index in [-0.39, 0.29) is 30.6 Å². The van der Waals surface area contributed by atoms with Gasteiger partial charge < -0.3 is 14.4 Å². The summed E-state index contributed by atoms with van der Waals surface area (Å²) in [5.41, 5.74) is -1.03. The summed E-state index contributed by atoms with van der Waals surface area (Å²) in [5.74, 6) is -0.199. The number of hydrogen-bond acceptors (Lipinski definition) is 6. The zero-order valence-electron chi connectivity index (χ0n) is 23.4. The summed E-state index contributed by atoms with van der Waals surface area (Å²) < 4.78 is 14.4. The van der Waals surface area contributed by atoms with Gasteiger partial charge in [-0.25, -0.2) is 9.36 Å². The molecule has 8 nitrogen and oxygen atoms in total. The zero-order chi connectivity index (χ0) is 26.7. The van der Waals surface area contributed by atoms with Crippen LogP contribution in [0.5, 0.6) is 0 Å². The Kier molecular flexibility index (Phi) is 12.9. The number of carbonyl (C=O) groups is 1. The Labute approximate surface area is 217 Å². The van der Waals surface area contributed by atoms with Crippen LogP contribution in [0.4, 0.5) is 0 Å². The second-order valence-electron chi connectivity index (χ2n) is 10.8. The topological polar surface area (TPSA) is 82.8 Å². The molecule has 1 fully saturated rings. The fraction of sp³-hybridized carbons (Fsp3) is 0.821. The van der Waals surface area contributed by atoms with E-state index in [4.69, 9.17) is 9.47 Å². The Bertz CT molecular complexity index is 909. The Morgan fingerprint density at radius 3 is 2.31 bits per heavy atom. The van der Waals surface area contributed by atoms with Gasteiger partial charge in [0.25, 0.3) is 5.56 Å². The van der Waals surface area contributed by atoms with Crippen molar-refractivity contribution in [2.24, 2.45) is 11.8 Å². The maximum atomic E-state index is 13.3. The van der Waals surface area contributed by atoms with Crippen molar-refractivity contribution in [3.8, 4) is 0 Å². The number of unbranched alkanes of at least 4 members (excludes halogenated alkanes) is 6. The van der Waals surface area contributed by atoms with Crippen molar-refractivity contribution < 1.29 is 14.3 Å². The van der Waals surface area contributed by atoms with Crippen LogP contribution < -0.4 is 11.2 Å². The van der Waals surface area contributed by atoms with Crippen LogP contribution in [0.3, 0.4) is 0 Å². The minimum atomic E-state index is -0.532. The molecule has 2 rings (SSSR count). The highest BCUT2D eigenvalue weighted by atomic mass is 16.5. The molecule has 0 radical (unpaired) electrons. The third kappa shape index (κ3) is 8.87. The average Bonchev–Trinajstić information content (AvgIpc) is 3.10. The quantitative estimate of drug-likeness (QED) is 0.240. The first-order valence-electron chi connectivity index (χ1n) is 14.0. The lowest BCUT2D eigenvalue weighted by Gasteiger charge is -2.21. The van der Waals surface area contributed by atoms with Gasteiger partial charge in [0.05, 0.1) is 6.10 Å². The average molecular weight is 508 g/mol. The molecule has 0 bridgehead atoms. The van der Waals surface area contributed by atoms with E-state index in [1.165, 1.54) is 42.5 Å². The first-order chi connectivity index (χ1) is 17.2. The lowest BCUT2D eigenvalue weighted by atomic mass is 9.92. The monoisotopic (exact) mass is 507 g/mol. The molecule has 2 heterocycles. The summed E-state index contributed by atoms with van der Waals surface area (Å²) >= 11 is 0. The zero-order valence-corrected chi connectivity index (χ0v) is 23.4. The van der Waals surface area contributed by atoms with E-state index < -0.39 is 23.4 Å². The van der Waals surface area contributed by atoms with Gasteiger partial charge in [-0.3, -0.25) is 14.2 Å². The first-order valence-corrected chi connectivity index (χ1v) is 14.0. The second kappa shape index (κ2) is 15.4. The summed E-state index contributed by atoms with van der Waals surface area (Å²) in [4.78, 5) is 40.7. The predicted octanol–water partition coefficient (Wildman–Crippen LogP) is 4.59. The number of rotatable bonds is 16. The first kappa shape index (κ1) is 30.3. The molecule has 1 saturated heterocycles. The third-order valence-electron chi connectivity index (χ3n) is 7.44. The van der Waals surface area contributed by atoms with Gasteiger partial charge in [-0.15, -0.1) is 0 Å². The summed E-state index contributed by atoms with van der Waals surface area (Å²) in [6, 6.07) is 1.33. The molecule has 1 unspecified atom stereocenters. The molecule has 0 aromatic carbocycles. The number of likely N-dealkylation sites (N-methyl/N-ethyl adjacent to an activating group) is 1. The minimum absolute atomic E-state index is 0.0152. The highest BCUT2D eigenvalue weighted by molar-refractivity contribution is 5.69. The molecule has 0 N–H and O–H groups in total. The van der Waals surface area contributed by atoms with Gasteiger partial charge in [0, 0.05) is 24.7 Å². The van der Waals surface area contributed by atoms with Crippen molar-refractivity contribution in [3.05, 3.63) is 33.1 Å². The lowest BCUT2D eigenvalue weighted by Crippen LogP contribution is -2.43. The van der Waals surface area contributed by atoms with Gasteiger partial charge in [0.1, 0.15) is 18.9 Å². The fourth-order valence-corrected chi connectivity index (χ4v) is 4.98. The molecule has 1 aliphatic heterocycles. The molecule has 1 aromatic rings. The largest absolute Gasteiger partial charge is 0.461 e. The van der Waals surface area contributed by atoms with Crippen LogP contribution >= 0.6 is 0 Å². The standard InChI is InChI=1S/C28H49N3O5/c1-7-9-11-12-13-14-16-23(15-10-8-2)35-26(33)20-31-25(32)17-18-30(28(31)34)27-22(4)21(3)24(36-27)19-29(5)6/h17-18,21-24,27H,7-16,19-20H2,1-6H3/t21-,22+,23?,24+,27+/m0/s1. The van der Waals surface area contributed by atoms with Gasteiger partial charge in [-0.2, -0.15) is 0 Å². The molecule has 206 valence electrons. The number of hydrogen-bond donors (Lipinski definition) is 0. The van der Waals surface area contributed by atoms with Crippen molar-refractivity contribution in [1.82, 2.24) is 14.0 Å². The summed E-state index contributed by atoms with van der Waals surface area (Å²) in [6.45, 7) is 8.87. The van der Waals surface area contributed by atoms with Crippen LogP contribution in [0, 0.1) is 11.8 Å². The van der Waals surface area contributed by atoms with Crippen LogP contribution in [0.1, 0.15) is 98.1 Å². The van der Waals surface area contributed by atoms with Gasteiger partial charge in [-0.05, 0) is 39.3 Å². The maximum Gasteiger partial charge on any atom is 0.333 e. The third-order valence-corrected chi connectivity index (χ3v) is 7.44. The van der Waals surface area contributed by atoms with Crippen molar-refractivity contribution >= 4 is 5.97 Å². The molecule has 5 atom stereocenters. The Morgan fingerprint density at radius 2 is 1.64 bits per heavy atom. The molecule has 1 aromatic heterocycles. The predicted molar refractivity (Wildman–Crippen MR) is 143 cm³/mol. The van der Waals surface area contributed by atoms with Crippen molar-refractivity contribution in [1.29, 1.82) is 0 Å². The number of esters is 1. The van der Waals surface area contributed by atoms with Gasteiger partial charge in [0.2, 0.25) is 0 Å². The van der Waals surface area contributed by atoms with E-state index in [9.17, 15) is 14.4 Å². The normalized spacial score (nSPS) is 22.8. The van der Waals surface area contributed by atoms with Crippen molar-refractivity contribution in [2.45, 2.75) is 117 Å². The van der Waals surface area contributed by atoms with Crippen LogP contribution in [0.15, 0.2) is 21.9 Å². The summed E-state index contributed by atoms with van der Waals surface area (Å²) in [6.07, 6.45) is 11.6. The second-order valence-corrected chi connectivity index (χ2v) is 10.8. The molecule has 1 aliphatic rings. The van der Waals surface area contributed by atoms with E-state index in [1.54, 1.807) is 0 Å². The summed E-state index contributed by atoms with van der Waals surface area (Å²) in [5, 5.41) is 0. The van der Waals surface area contributed by atoms with E-state index >= 15 is 0 Å². The molecule has 0 amide bonds. The highest BCUT2D eigenvalue weighted by Crippen LogP contribution is 2.38. The van der Waals surface area contributed by atoms with E-state index in [1.807, 2.05) is 14.1 Å². The lowest BCUT2D eigenvalue weighted by molar-refractivity contribution is -0.150. The SMILES string of the molecule is CCCCCCCCC(CCCC)OC(=O)Cn1c(=O)ccn([C@@H]2O[C@H](CN(C)C)[C@@H](C)[C@H]2C)c1=O. The van der Waals surface area contributed by atoms with Gasteiger partial charge in [0.15, 0.2) is 0 Å². The smallest absolute Gasteiger partial charge is 0.333 e. The van der Waals surface area contributed by atoms with Crippen molar-refractivity contribution in [3.63, 3.8) is 0 Å². The van der Waals surface area contributed by atoms with E-state index in [2.05, 4.69) is 32.6 Å². The van der Waals surface area contributed by atoms with Crippen LogP contribution in [0.2, 0.25) is 0 Å². The van der Waals surface area contributed by atoms with E-state index in [0.717, 1.165) is 49.6 Å². The van der Waals surface area contributed by atoms with Crippen LogP contribution in [0.25, 0.3) is 0 Å². The van der Waals surface area contributed by atoms with E-state index in [0.29, 0.717) is 0 Å². The molecular weight excluding hydrogens is 458 g/mol. The minimum Gasteiger partial charge on any atom is -0.461 e. The Balaban J connectivity index is 2.07. The van der Waals surface area contributed by atoms with Crippen LogP contribution in [-0.4, -0.2) is 52.9 Å². The number of nitrogens with zero attached hydrogens (tertiary/aromatic N) is 3.